The van der Waals surface area contributed by atoms with Gasteiger partial charge in [-0.3, -0.25) is 4.79 Å². The van der Waals surface area contributed by atoms with Gasteiger partial charge in [0.15, 0.2) is 5.43 Å². The first-order chi connectivity index (χ1) is 8.60. The van der Waals surface area contributed by atoms with Crippen molar-refractivity contribution in [3.63, 3.8) is 0 Å². The third kappa shape index (κ3) is 1.74. The van der Waals surface area contributed by atoms with E-state index in [1.807, 2.05) is 0 Å². The third-order valence-corrected chi connectivity index (χ3v) is 3.06. The molecule has 0 saturated heterocycles. The van der Waals surface area contributed by atoms with E-state index < -0.39 is 0 Å². The molecule has 0 unspecified atom stereocenters. The zero-order valence-corrected chi connectivity index (χ0v) is 10.5. The van der Waals surface area contributed by atoms with Crippen molar-refractivity contribution in [1.82, 2.24) is 0 Å². The number of nitrogens with zero attached hydrogens (tertiary/aromatic N) is 1. The van der Waals surface area contributed by atoms with Gasteiger partial charge >= 0.3 is 0 Å². The fourth-order valence-corrected chi connectivity index (χ4v) is 1.93. The monoisotopic (exact) mass is 243 g/mol. The molecular formula is C14H13NO3. The second kappa shape index (κ2) is 4.53. The highest BCUT2D eigenvalue weighted by molar-refractivity contribution is 5.83. The molecular weight excluding hydrogens is 230 g/mol. The minimum Gasteiger partial charge on any atom is -0.496 e. The van der Waals surface area contributed by atoms with Crippen LogP contribution in [0, 0.1) is 25.2 Å². The van der Waals surface area contributed by atoms with E-state index in [-0.39, 0.29) is 11.8 Å². The van der Waals surface area contributed by atoms with E-state index in [2.05, 4.69) is 6.07 Å². The van der Waals surface area contributed by atoms with Gasteiger partial charge in [0.2, 0.25) is 0 Å². The van der Waals surface area contributed by atoms with Crippen LogP contribution in [0.15, 0.2) is 21.3 Å². The van der Waals surface area contributed by atoms with Crippen LogP contribution in [-0.4, -0.2) is 7.11 Å². The summed E-state index contributed by atoms with van der Waals surface area (Å²) in [5.74, 6) is 1.13. The van der Waals surface area contributed by atoms with Gasteiger partial charge in [-0.15, -0.1) is 0 Å². The predicted octanol–water partition coefficient (Wildman–Crippen LogP) is 2.48. The number of methoxy groups -OCH3 is 1. The maximum atomic E-state index is 12.1. The van der Waals surface area contributed by atoms with E-state index in [1.165, 1.54) is 7.11 Å². The lowest BCUT2D eigenvalue weighted by Crippen LogP contribution is -2.08. The molecule has 92 valence electrons. The molecule has 2 rings (SSSR count). The normalized spacial score (nSPS) is 10.3. The Hall–Kier alpha value is -2.28. The van der Waals surface area contributed by atoms with Gasteiger partial charge in [0.1, 0.15) is 17.1 Å². The molecule has 18 heavy (non-hydrogen) atoms. The molecule has 0 atom stereocenters. The summed E-state index contributed by atoms with van der Waals surface area (Å²) in [6.45, 7) is 3.47. The molecule has 0 fully saturated rings. The second-order valence-electron chi connectivity index (χ2n) is 4.07. The summed E-state index contributed by atoms with van der Waals surface area (Å²) in [7, 11) is 1.53. The molecule has 1 heterocycles. The Bertz CT molecular complexity index is 708. The maximum Gasteiger partial charge on any atom is 0.195 e. The van der Waals surface area contributed by atoms with Gasteiger partial charge in [-0.05, 0) is 26.0 Å². The topological polar surface area (TPSA) is 63.2 Å². The first-order valence-electron chi connectivity index (χ1n) is 5.57. The highest BCUT2D eigenvalue weighted by atomic mass is 16.5. The molecule has 0 saturated carbocycles. The Kier molecular flexibility index (Phi) is 3.07. The Morgan fingerprint density at radius 1 is 1.39 bits per heavy atom. The first-order valence-corrected chi connectivity index (χ1v) is 5.57. The van der Waals surface area contributed by atoms with Crippen LogP contribution in [0.25, 0.3) is 11.0 Å². The number of hydrogen-bond donors (Lipinski definition) is 0. The minimum absolute atomic E-state index is 0.0596. The molecule has 0 aliphatic rings. The SMILES string of the molecule is COc1ccc2c(=O)c(C)c(C)oc2c1CC#N. The lowest BCUT2D eigenvalue weighted by Gasteiger charge is -2.10. The molecule has 0 N–H and O–H groups in total. The van der Waals surface area contributed by atoms with Crippen molar-refractivity contribution in [3.8, 4) is 11.8 Å². The summed E-state index contributed by atoms with van der Waals surface area (Å²) in [5.41, 5.74) is 1.60. The van der Waals surface area contributed by atoms with Gasteiger partial charge in [0.25, 0.3) is 0 Å². The van der Waals surface area contributed by atoms with Gasteiger partial charge in [-0.2, -0.15) is 5.26 Å². The van der Waals surface area contributed by atoms with Gasteiger partial charge in [-0.1, -0.05) is 0 Å². The summed E-state index contributed by atoms with van der Waals surface area (Å²) in [4.78, 5) is 12.1. The first kappa shape index (κ1) is 12.2. The molecule has 0 radical (unpaired) electrons. The zero-order chi connectivity index (χ0) is 13.3. The summed E-state index contributed by atoms with van der Waals surface area (Å²) < 4.78 is 10.9. The summed E-state index contributed by atoms with van der Waals surface area (Å²) in [6.07, 6.45) is 0.145. The standard InChI is InChI=1S/C14H13NO3/c1-8-9(2)18-14-10(6-7-15)12(17-3)5-4-11(14)13(8)16/h4-5H,6H2,1-3H3. The number of benzene rings is 1. The summed E-state index contributed by atoms with van der Waals surface area (Å²) >= 11 is 0. The van der Waals surface area contributed by atoms with Crippen LogP contribution in [0.5, 0.6) is 5.75 Å². The van der Waals surface area contributed by atoms with Gasteiger partial charge in [-0.25, -0.2) is 0 Å². The highest BCUT2D eigenvalue weighted by Crippen LogP contribution is 2.28. The molecule has 1 aromatic carbocycles. The Balaban J connectivity index is 2.94. The Morgan fingerprint density at radius 3 is 2.72 bits per heavy atom. The van der Waals surface area contributed by atoms with Crippen molar-refractivity contribution >= 4 is 11.0 Å². The van der Waals surface area contributed by atoms with Crippen molar-refractivity contribution in [2.75, 3.05) is 7.11 Å². The Morgan fingerprint density at radius 2 is 2.11 bits per heavy atom. The molecule has 0 amide bonds. The molecule has 0 bridgehead atoms. The average Bonchev–Trinajstić information content (AvgIpc) is 2.37. The average molecular weight is 243 g/mol. The van der Waals surface area contributed by atoms with Crippen LogP contribution < -0.4 is 10.2 Å². The third-order valence-electron chi connectivity index (χ3n) is 3.06. The van der Waals surface area contributed by atoms with E-state index in [1.54, 1.807) is 26.0 Å². The van der Waals surface area contributed by atoms with E-state index >= 15 is 0 Å². The highest BCUT2D eigenvalue weighted by Gasteiger charge is 2.15. The lowest BCUT2D eigenvalue weighted by molar-refractivity contribution is 0.410. The number of hydrogen-bond acceptors (Lipinski definition) is 4. The van der Waals surface area contributed by atoms with Crippen LogP contribution in [0.2, 0.25) is 0 Å². The number of fused-ring (bicyclic) bond motifs is 1. The number of ether oxygens (including phenoxy) is 1. The Labute approximate surface area is 104 Å². The zero-order valence-electron chi connectivity index (χ0n) is 10.5. The van der Waals surface area contributed by atoms with Gasteiger partial charge < -0.3 is 9.15 Å². The molecule has 0 aliphatic carbocycles. The van der Waals surface area contributed by atoms with E-state index in [0.29, 0.717) is 33.6 Å². The number of nitriles is 1. The van der Waals surface area contributed by atoms with E-state index in [4.69, 9.17) is 14.4 Å². The van der Waals surface area contributed by atoms with Crippen molar-refractivity contribution in [3.05, 3.63) is 39.2 Å². The van der Waals surface area contributed by atoms with Gasteiger partial charge in [0, 0.05) is 5.56 Å². The number of aryl methyl sites for hydroxylation is 1. The van der Waals surface area contributed by atoms with Crippen LogP contribution >= 0.6 is 0 Å². The van der Waals surface area contributed by atoms with Gasteiger partial charge in [0.05, 0.1) is 30.5 Å². The molecule has 4 heteroatoms. The molecule has 0 aliphatic heterocycles. The maximum absolute atomic E-state index is 12.1. The fourth-order valence-electron chi connectivity index (χ4n) is 1.93. The lowest BCUT2D eigenvalue weighted by atomic mass is 10.0. The number of rotatable bonds is 2. The smallest absolute Gasteiger partial charge is 0.195 e. The van der Waals surface area contributed by atoms with Crippen molar-refractivity contribution < 1.29 is 9.15 Å². The van der Waals surface area contributed by atoms with Crippen molar-refractivity contribution in [1.29, 1.82) is 5.26 Å². The fraction of sp³-hybridized carbons (Fsp3) is 0.286. The van der Waals surface area contributed by atoms with Crippen LogP contribution in [0.3, 0.4) is 0 Å². The van der Waals surface area contributed by atoms with Crippen LogP contribution in [0.4, 0.5) is 0 Å². The van der Waals surface area contributed by atoms with Crippen molar-refractivity contribution in [2.24, 2.45) is 0 Å². The largest absolute Gasteiger partial charge is 0.496 e. The molecule has 4 nitrogen and oxygen atoms in total. The van der Waals surface area contributed by atoms with Crippen molar-refractivity contribution in [2.45, 2.75) is 20.3 Å². The minimum atomic E-state index is -0.0596. The summed E-state index contributed by atoms with van der Waals surface area (Å²) in [6, 6.07) is 5.43. The quantitative estimate of drug-likeness (QED) is 0.812. The molecule has 2 aromatic rings. The molecule has 1 aromatic heterocycles. The van der Waals surface area contributed by atoms with E-state index in [0.717, 1.165) is 0 Å². The van der Waals surface area contributed by atoms with Crippen LogP contribution in [-0.2, 0) is 6.42 Å². The predicted molar refractivity (Wildman–Crippen MR) is 67.8 cm³/mol. The molecule has 0 spiro atoms. The second-order valence-corrected chi connectivity index (χ2v) is 4.07. The van der Waals surface area contributed by atoms with E-state index in [9.17, 15) is 4.79 Å². The van der Waals surface area contributed by atoms with Crippen LogP contribution in [0.1, 0.15) is 16.9 Å². The summed E-state index contributed by atoms with van der Waals surface area (Å²) in [5, 5.41) is 9.36.